The Balaban J connectivity index is 1.27. The molecule has 9 aromatic rings. The Labute approximate surface area is 279 Å². The molecule has 3 nitrogen and oxygen atoms in total. The van der Waals surface area contributed by atoms with Crippen molar-refractivity contribution in [2.45, 2.75) is 0 Å². The van der Waals surface area contributed by atoms with Gasteiger partial charge in [0.15, 0.2) is 5.58 Å². The maximum absolute atomic E-state index is 6.54. The van der Waals surface area contributed by atoms with Gasteiger partial charge in [-0.2, -0.15) is 0 Å². The molecule has 1 aromatic heterocycles. The zero-order valence-corrected chi connectivity index (χ0v) is 26.1. The molecule has 0 spiro atoms. The molecule has 0 aliphatic heterocycles. The van der Waals surface area contributed by atoms with Gasteiger partial charge in [-0.15, -0.1) is 0 Å². The Morgan fingerprint density at radius 1 is 0.417 bits per heavy atom. The highest BCUT2D eigenvalue weighted by Gasteiger charge is 2.19. The zero-order chi connectivity index (χ0) is 31.9. The number of nitrogens with zero attached hydrogens (tertiary/aromatic N) is 2. The average molecular weight is 615 g/mol. The fourth-order valence-electron chi connectivity index (χ4n) is 6.77. The summed E-state index contributed by atoms with van der Waals surface area (Å²) in [4.78, 5) is 7.23. The first-order valence-corrected chi connectivity index (χ1v) is 16.2. The zero-order valence-electron chi connectivity index (χ0n) is 26.1. The molecule has 0 unspecified atom stereocenters. The summed E-state index contributed by atoms with van der Waals surface area (Å²) in [5, 5.41) is 4.46. The number of oxazole rings is 1. The smallest absolute Gasteiger partial charge is 0.227 e. The van der Waals surface area contributed by atoms with Gasteiger partial charge in [0, 0.05) is 28.0 Å². The van der Waals surface area contributed by atoms with Crippen molar-refractivity contribution in [3.05, 3.63) is 182 Å². The summed E-state index contributed by atoms with van der Waals surface area (Å²) < 4.78 is 6.54. The number of para-hydroxylation sites is 1. The van der Waals surface area contributed by atoms with E-state index in [9.17, 15) is 0 Å². The average Bonchev–Trinajstić information content (AvgIpc) is 3.61. The van der Waals surface area contributed by atoms with Crippen molar-refractivity contribution in [3.8, 4) is 33.7 Å². The molecule has 8 aromatic carbocycles. The van der Waals surface area contributed by atoms with Gasteiger partial charge < -0.3 is 9.32 Å². The fraction of sp³-hybridized carbons (Fsp3) is 0. The minimum Gasteiger partial charge on any atom is -0.435 e. The van der Waals surface area contributed by atoms with E-state index in [0.29, 0.717) is 5.89 Å². The summed E-state index contributed by atoms with van der Waals surface area (Å²) in [5.74, 6) is 0.629. The molecule has 0 N–H and O–H groups in total. The third kappa shape index (κ3) is 4.90. The molecule has 0 aliphatic carbocycles. The van der Waals surface area contributed by atoms with E-state index in [4.69, 9.17) is 9.40 Å². The fourth-order valence-corrected chi connectivity index (χ4v) is 6.77. The molecule has 0 saturated carbocycles. The van der Waals surface area contributed by atoms with Crippen LogP contribution in [0.1, 0.15) is 0 Å². The Bertz CT molecular complexity index is 2540. The van der Waals surface area contributed by atoms with Crippen molar-refractivity contribution in [3.63, 3.8) is 0 Å². The summed E-state index contributed by atoms with van der Waals surface area (Å²) in [6.07, 6.45) is 0. The molecule has 0 bridgehead atoms. The van der Waals surface area contributed by atoms with Crippen molar-refractivity contribution in [2.24, 2.45) is 0 Å². The number of fused-ring (bicyclic) bond motifs is 5. The molecule has 1 heterocycles. The second-order valence-electron chi connectivity index (χ2n) is 12.0. The third-order valence-electron chi connectivity index (χ3n) is 9.06. The quantitative estimate of drug-likeness (QED) is 0.175. The predicted molar refractivity (Wildman–Crippen MR) is 200 cm³/mol. The molecule has 48 heavy (non-hydrogen) atoms. The Morgan fingerprint density at radius 3 is 1.67 bits per heavy atom. The monoisotopic (exact) mass is 614 g/mol. The van der Waals surface area contributed by atoms with Gasteiger partial charge in [-0.1, -0.05) is 127 Å². The molecule has 0 radical (unpaired) electrons. The van der Waals surface area contributed by atoms with E-state index in [2.05, 4.69) is 157 Å². The Morgan fingerprint density at radius 2 is 0.958 bits per heavy atom. The van der Waals surface area contributed by atoms with Gasteiger partial charge in [0.05, 0.1) is 0 Å². The van der Waals surface area contributed by atoms with Crippen LogP contribution >= 0.6 is 0 Å². The highest BCUT2D eigenvalue weighted by atomic mass is 16.3. The van der Waals surface area contributed by atoms with Gasteiger partial charge in [-0.05, 0) is 93.0 Å². The maximum atomic E-state index is 6.54. The lowest BCUT2D eigenvalue weighted by Crippen LogP contribution is -2.10. The van der Waals surface area contributed by atoms with E-state index in [0.717, 1.165) is 55.3 Å². The third-order valence-corrected chi connectivity index (χ3v) is 9.06. The SMILES string of the molecule is c1ccc(-c2nc3ccc4ccc5ccc(N(c6ccccc6)c6ccc(-c7ccccc7)c(-c7ccccc7)c6)cc5c4c3o2)cc1. The van der Waals surface area contributed by atoms with Gasteiger partial charge >= 0.3 is 0 Å². The first kappa shape index (κ1) is 27.8. The lowest BCUT2D eigenvalue weighted by molar-refractivity contribution is 0.623. The van der Waals surface area contributed by atoms with E-state index < -0.39 is 0 Å². The summed E-state index contributed by atoms with van der Waals surface area (Å²) in [5.41, 5.74) is 10.6. The van der Waals surface area contributed by atoms with Gasteiger partial charge in [0.25, 0.3) is 0 Å². The second kappa shape index (κ2) is 11.7. The summed E-state index contributed by atoms with van der Waals surface area (Å²) in [6.45, 7) is 0. The van der Waals surface area contributed by atoms with Crippen molar-refractivity contribution in [2.75, 3.05) is 4.90 Å². The van der Waals surface area contributed by atoms with Crippen LogP contribution in [0.25, 0.3) is 66.4 Å². The van der Waals surface area contributed by atoms with E-state index in [-0.39, 0.29) is 0 Å². The van der Waals surface area contributed by atoms with Gasteiger partial charge in [0.2, 0.25) is 5.89 Å². The highest BCUT2D eigenvalue weighted by molar-refractivity contribution is 6.18. The minimum absolute atomic E-state index is 0.629. The van der Waals surface area contributed by atoms with E-state index in [1.54, 1.807) is 0 Å². The van der Waals surface area contributed by atoms with E-state index in [1.165, 1.54) is 22.3 Å². The number of hydrogen-bond donors (Lipinski definition) is 0. The van der Waals surface area contributed by atoms with Crippen LogP contribution in [-0.4, -0.2) is 4.98 Å². The number of benzene rings is 8. The van der Waals surface area contributed by atoms with Gasteiger partial charge in [-0.3, -0.25) is 0 Å². The van der Waals surface area contributed by atoms with E-state index >= 15 is 0 Å². The topological polar surface area (TPSA) is 29.3 Å². The molecule has 226 valence electrons. The van der Waals surface area contributed by atoms with Crippen LogP contribution in [0.15, 0.2) is 186 Å². The molecule has 0 aliphatic rings. The molecule has 3 heteroatoms. The van der Waals surface area contributed by atoms with Crippen molar-refractivity contribution in [1.29, 1.82) is 0 Å². The first-order valence-electron chi connectivity index (χ1n) is 16.2. The van der Waals surface area contributed by atoms with Gasteiger partial charge in [-0.25, -0.2) is 4.98 Å². The molecule has 0 amide bonds. The van der Waals surface area contributed by atoms with Crippen molar-refractivity contribution >= 4 is 49.7 Å². The normalized spacial score (nSPS) is 11.3. The standard InChI is InChI=1S/C45H30N2O/c1-5-13-31(14-6-1)39-27-26-38(29-40(39)32-15-7-2-8-16-32)47(36-19-11-4-12-20-36)37-25-23-33-21-22-34-24-28-42-44(43(34)41(33)30-37)48-45(46-42)35-17-9-3-10-18-35/h1-30H. The Kier molecular flexibility index (Phi) is 6.80. The lowest BCUT2D eigenvalue weighted by atomic mass is 9.93. The minimum atomic E-state index is 0.629. The van der Waals surface area contributed by atoms with E-state index in [1.807, 2.05) is 30.3 Å². The first-order chi connectivity index (χ1) is 23.8. The molecular weight excluding hydrogens is 585 g/mol. The van der Waals surface area contributed by atoms with Crippen LogP contribution in [0.3, 0.4) is 0 Å². The summed E-state index contributed by atoms with van der Waals surface area (Å²) in [7, 11) is 0. The van der Waals surface area contributed by atoms with Crippen molar-refractivity contribution in [1.82, 2.24) is 4.98 Å². The molecular formula is C45H30N2O. The summed E-state index contributed by atoms with van der Waals surface area (Å²) in [6, 6.07) is 64.0. The maximum Gasteiger partial charge on any atom is 0.227 e. The largest absolute Gasteiger partial charge is 0.435 e. The van der Waals surface area contributed by atoms with Crippen LogP contribution in [0.5, 0.6) is 0 Å². The van der Waals surface area contributed by atoms with Crippen LogP contribution in [-0.2, 0) is 0 Å². The molecule has 9 rings (SSSR count). The Hall–Kier alpha value is -6.45. The van der Waals surface area contributed by atoms with Crippen LogP contribution in [0.4, 0.5) is 17.1 Å². The van der Waals surface area contributed by atoms with Crippen molar-refractivity contribution < 1.29 is 4.42 Å². The molecule has 0 fully saturated rings. The lowest BCUT2D eigenvalue weighted by Gasteiger charge is -2.27. The predicted octanol–water partition coefficient (Wildman–Crippen LogP) is 12.6. The molecule has 0 saturated heterocycles. The van der Waals surface area contributed by atoms with Crippen LogP contribution in [0.2, 0.25) is 0 Å². The molecule has 0 atom stereocenters. The van der Waals surface area contributed by atoms with Crippen LogP contribution < -0.4 is 4.90 Å². The summed E-state index contributed by atoms with van der Waals surface area (Å²) >= 11 is 0. The number of rotatable bonds is 6. The highest BCUT2D eigenvalue weighted by Crippen LogP contribution is 2.43. The second-order valence-corrected chi connectivity index (χ2v) is 12.0. The number of hydrogen-bond acceptors (Lipinski definition) is 3. The number of aromatic nitrogens is 1. The number of anilines is 3. The van der Waals surface area contributed by atoms with Gasteiger partial charge in [0.1, 0.15) is 5.52 Å². The van der Waals surface area contributed by atoms with Crippen LogP contribution in [0, 0.1) is 0 Å².